The van der Waals surface area contributed by atoms with Gasteiger partial charge < -0.3 is 14.5 Å². The Morgan fingerprint density at radius 1 is 1.16 bits per heavy atom. The molecule has 2 saturated heterocycles. The van der Waals surface area contributed by atoms with Gasteiger partial charge in [0.2, 0.25) is 5.91 Å². The molecule has 2 fully saturated rings. The zero-order valence-corrected chi connectivity index (χ0v) is 16.1. The Morgan fingerprint density at radius 2 is 1.88 bits per heavy atom. The fourth-order valence-electron chi connectivity index (χ4n) is 2.97. The molecule has 8 heteroatoms. The molecule has 1 aromatic carbocycles. The summed E-state index contributed by atoms with van der Waals surface area (Å²) in [6.45, 7) is 2.90. The van der Waals surface area contributed by atoms with Crippen LogP contribution in [0, 0.1) is 0 Å². The number of thioether (sulfide) groups is 1. The molecule has 0 saturated carbocycles. The van der Waals surface area contributed by atoms with Crippen molar-refractivity contribution in [1.82, 2.24) is 9.80 Å². The number of carbonyl (C=O) groups is 2. The fourth-order valence-corrected chi connectivity index (χ4v) is 4.37. The van der Waals surface area contributed by atoms with Crippen LogP contribution < -0.4 is 0 Å². The minimum absolute atomic E-state index is 0.0465. The second kappa shape index (κ2) is 8.62. The van der Waals surface area contributed by atoms with Gasteiger partial charge in [0.25, 0.3) is 5.91 Å². The topological polar surface area (TPSA) is 49.9 Å². The third-order valence-corrected chi connectivity index (χ3v) is 6.11. The molecule has 0 bridgehead atoms. The summed E-state index contributed by atoms with van der Waals surface area (Å²) in [6, 6.07) is 5.21. The molecule has 0 radical (unpaired) electrons. The van der Waals surface area contributed by atoms with E-state index >= 15 is 0 Å². The average molecular weight is 403 g/mol. The highest BCUT2D eigenvalue weighted by Crippen LogP contribution is 2.30. The van der Waals surface area contributed by atoms with Crippen LogP contribution in [-0.4, -0.2) is 66.3 Å². The molecule has 0 N–H and O–H groups in total. The first kappa shape index (κ1) is 18.8. The standard InChI is InChI=1S/C17H20Cl2N2O3S/c18-12-3-4-13(19)15(10-12)25-11-16(22)20-5-7-21(8-6-20)17(23)14-2-1-9-24-14/h3-4,10,14H,1-2,5-9,11H2. The number of piperazine rings is 1. The zero-order chi connectivity index (χ0) is 17.8. The van der Waals surface area contributed by atoms with E-state index in [0.29, 0.717) is 48.6 Å². The van der Waals surface area contributed by atoms with Gasteiger partial charge in [-0.3, -0.25) is 9.59 Å². The highest BCUT2D eigenvalue weighted by Gasteiger charge is 2.31. The summed E-state index contributed by atoms with van der Waals surface area (Å²) in [5, 5.41) is 1.19. The molecule has 0 aliphatic carbocycles. The summed E-state index contributed by atoms with van der Waals surface area (Å²) >= 11 is 13.5. The summed E-state index contributed by atoms with van der Waals surface area (Å²) in [6.07, 6.45) is 1.45. The lowest BCUT2D eigenvalue weighted by molar-refractivity contribution is -0.145. The van der Waals surface area contributed by atoms with Gasteiger partial charge in [-0.1, -0.05) is 23.2 Å². The third kappa shape index (κ3) is 4.82. The minimum atomic E-state index is -0.289. The molecule has 2 aliphatic rings. The second-order valence-electron chi connectivity index (χ2n) is 6.07. The Hall–Kier alpha value is -0.950. The monoisotopic (exact) mass is 402 g/mol. The second-order valence-corrected chi connectivity index (χ2v) is 7.93. The van der Waals surface area contributed by atoms with E-state index in [9.17, 15) is 9.59 Å². The maximum absolute atomic E-state index is 12.4. The van der Waals surface area contributed by atoms with Crippen molar-refractivity contribution in [3.05, 3.63) is 28.2 Å². The number of hydrogen-bond donors (Lipinski definition) is 0. The number of hydrogen-bond acceptors (Lipinski definition) is 4. The highest BCUT2D eigenvalue weighted by atomic mass is 35.5. The van der Waals surface area contributed by atoms with E-state index < -0.39 is 0 Å². The van der Waals surface area contributed by atoms with Gasteiger partial charge in [-0.05, 0) is 31.0 Å². The molecular formula is C17H20Cl2N2O3S. The van der Waals surface area contributed by atoms with Crippen molar-refractivity contribution in [2.24, 2.45) is 0 Å². The van der Waals surface area contributed by atoms with Gasteiger partial charge in [0.05, 0.1) is 10.8 Å². The summed E-state index contributed by atoms with van der Waals surface area (Å²) < 4.78 is 5.45. The summed E-state index contributed by atoms with van der Waals surface area (Å²) in [5.41, 5.74) is 0. The number of rotatable bonds is 4. The van der Waals surface area contributed by atoms with Crippen molar-refractivity contribution < 1.29 is 14.3 Å². The summed E-state index contributed by atoms with van der Waals surface area (Å²) in [7, 11) is 0. The summed E-state index contributed by atoms with van der Waals surface area (Å²) in [4.78, 5) is 29.1. The van der Waals surface area contributed by atoms with Crippen molar-refractivity contribution >= 4 is 46.8 Å². The maximum atomic E-state index is 12.4. The lowest BCUT2D eigenvalue weighted by Crippen LogP contribution is -2.53. The van der Waals surface area contributed by atoms with Crippen LogP contribution in [-0.2, 0) is 14.3 Å². The fraction of sp³-hybridized carbons (Fsp3) is 0.529. The van der Waals surface area contributed by atoms with E-state index in [1.165, 1.54) is 11.8 Å². The number of nitrogens with zero attached hydrogens (tertiary/aromatic N) is 2. The van der Waals surface area contributed by atoms with Crippen LogP contribution in [0.3, 0.4) is 0 Å². The summed E-state index contributed by atoms with van der Waals surface area (Å²) in [5.74, 6) is 0.412. The molecule has 5 nitrogen and oxygen atoms in total. The van der Waals surface area contributed by atoms with E-state index in [0.717, 1.165) is 17.7 Å². The number of halogens is 2. The molecule has 1 aromatic rings. The van der Waals surface area contributed by atoms with Crippen LogP contribution in [0.25, 0.3) is 0 Å². The van der Waals surface area contributed by atoms with Crippen LogP contribution in [0.1, 0.15) is 12.8 Å². The van der Waals surface area contributed by atoms with Gasteiger partial charge in [0.1, 0.15) is 6.10 Å². The van der Waals surface area contributed by atoms with E-state index in [1.54, 1.807) is 28.0 Å². The first-order chi connectivity index (χ1) is 12.0. The highest BCUT2D eigenvalue weighted by molar-refractivity contribution is 8.00. The maximum Gasteiger partial charge on any atom is 0.251 e. The van der Waals surface area contributed by atoms with E-state index in [-0.39, 0.29) is 17.9 Å². The molecule has 136 valence electrons. The minimum Gasteiger partial charge on any atom is -0.368 e. The Morgan fingerprint density at radius 3 is 2.56 bits per heavy atom. The van der Waals surface area contributed by atoms with Crippen LogP contribution >= 0.6 is 35.0 Å². The Bertz CT molecular complexity index is 645. The van der Waals surface area contributed by atoms with Crippen molar-refractivity contribution in [1.29, 1.82) is 0 Å². The molecule has 1 atom stereocenters. The van der Waals surface area contributed by atoms with Gasteiger partial charge in [0.15, 0.2) is 0 Å². The van der Waals surface area contributed by atoms with Gasteiger partial charge in [-0.25, -0.2) is 0 Å². The first-order valence-electron chi connectivity index (χ1n) is 8.30. The molecule has 1 unspecified atom stereocenters. The molecule has 2 heterocycles. The quantitative estimate of drug-likeness (QED) is 0.726. The lowest BCUT2D eigenvalue weighted by Gasteiger charge is -2.35. The van der Waals surface area contributed by atoms with E-state index in [2.05, 4.69) is 0 Å². The Kier molecular flexibility index (Phi) is 6.49. The smallest absolute Gasteiger partial charge is 0.251 e. The van der Waals surface area contributed by atoms with Crippen molar-refractivity contribution in [2.45, 2.75) is 23.8 Å². The van der Waals surface area contributed by atoms with E-state index in [4.69, 9.17) is 27.9 Å². The van der Waals surface area contributed by atoms with Gasteiger partial charge in [-0.2, -0.15) is 0 Å². The largest absolute Gasteiger partial charge is 0.368 e. The molecular weight excluding hydrogens is 383 g/mol. The van der Waals surface area contributed by atoms with Crippen molar-refractivity contribution in [3.63, 3.8) is 0 Å². The zero-order valence-electron chi connectivity index (χ0n) is 13.7. The number of carbonyl (C=O) groups excluding carboxylic acids is 2. The van der Waals surface area contributed by atoms with Gasteiger partial charge in [-0.15, -0.1) is 11.8 Å². The van der Waals surface area contributed by atoms with Gasteiger partial charge >= 0.3 is 0 Å². The van der Waals surface area contributed by atoms with Crippen LogP contribution in [0.15, 0.2) is 23.1 Å². The third-order valence-electron chi connectivity index (χ3n) is 4.39. The predicted octanol–water partition coefficient (Wildman–Crippen LogP) is 2.94. The number of benzene rings is 1. The molecule has 0 aromatic heterocycles. The van der Waals surface area contributed by atoms with Crippen molar-refractivity contribution in [2.75, 3.05) is 38.5 Å². The molecule has 3 rings (SSSR count). The molecule has 2 aliphatic heterocycles. The molecule has 25 heavy (non-hydrogen) atoms. The SMILES string of the molecule is O=C(CSc1cc(Cl)ccc1Cl)N1CCN(C(=O)C2CCCO2)CC1. The van der Waals surface area contributed by atoms with Crippen LogP contribution in [0.2, 0.25) is 10.0 Å². The van der Waals surface area contributed by atoms with E-state index in [1.807, 2.05) is 0 Å². The first-order valence-corrected chi connectivity index (χ1v) is 10.0. The Balaban J connectivity index is 1.46. The number of ether oxygens (including phenoxy) is 1. The lowest BCUT2D eigenvalue weighted by atomic mass is 10.2. The van der Waals surface area contributed by atoms with Crippen LogP contribution in [0.5, 0.6) is 0 Å². The van der Waals surface area contributed by atoms with Crippen molar-refractivity contribution in [3.8, 4) is 0 Å². The molecule has 2 amide bonds. The normalized spacial score (nSPS) is 20.8. The number of amides is 2. The van der Waals surface area contributed by atoms with Crippen LogP contribution in [0.4, 0.5) is 0 Å². The average Bonchev–Trinajstić information content (AvgIpc) is 3.16. The predicted molar refractivity (Wildman–Crippen MR) is 99.3 cm³/mol. The molecule has 0 spiro atoms. The Labute approximate surface area is 161 Å². The van der Waals surface area contributed by atoms with Gasteiger partial charge in [0, 0.05) is 42.7 Å².